The Labute approximate surface area is 167 Å². The van der Waals surface area contributed by atoms with Gasteiger partial charge in [0.25, 0.3) is 5.91 Å². The number of amides is 4. The number of anilines is 1. The molecule has 3 rings (SSSR count). The van der Waals surface area contributed by atoms with Gasteiger partial charge in [-0.25, -0.2) is 9.18 Å². The van der Waals surface area contributed by atoms with Crippen LogP contribution < -0.4 is 10.6 Å². The molecule has 2 aromatic rings. The van der Waals surface area contributed by atoms with Crippen molar-refractivity contribution >= 4 is 51.1 Å². The lowest BCUT2D eigenvalue weighted by Gasteiger charge is -2.23. The number of benzene rings is 2. The number of carbonyl (C=O) groups is 3. The summed E-state index contributed by atoms with van der Waals surface area (Å²) in [6.07, 6.45) is 0. The zero-order valence-corrected chi connectivity index (χ0v) is 16.4. The molecule has 1 aliphatic rings. The van der Waals surface area contributed by atoms with Crippen LogP contribution in [0.3, 0.4) is 0 Å². The standard InChI is InChI=1S/C18H14BrClFN3O3/c1-18(11-4-2-3-5-12(11)19)16(26)24(17(27)23-18)9-15(25)22-14-8-10(20)6-7-13(14)21/h2-8H,9H2,1H3,(H,22,25)(H,23,27)/t18-/m0/s1. The fourth-order valence-electron chi connectivity index (χ4n) is 2.82. The molecule has 6 nitrogen and oxygen atoms in total. The highest BCUT2D eigenvalue weighted by atomic mass is 79.9. The van der Waals surface area contributed by atoms with Crippen LogP contribution in [-0.4, -0.2) is 29.3 Å². The van der Waals surface area contributed by atoms with Gasteiger partial charge in [-0.1, -0.05) is 45.7 Å². The molecular weight excluding hydrogens is 441 g/mol. The summed E-state index contributed by atoms with van der Waals surface area (Å²) >= 11 is 9.15. The summed E-state index contributed by atoms with van der Waals surface area (Å²) in [6.45, 7) is 0.999. The highest BCUT2D eigenvalue weighted by Crippen LogP contribution is 2.33. The molecular formula is C18H14BrClFN3O3. The van der Waals surface area contributed by atoms with Gasteiger partial charge in [0.2, 0.25) is 5.91 Å². The molecule has 1 aliphatic heterocycles. The second-order valence-electron chi connectivity index (χ2n) is 6.10. The van der Waals surface area contributed by atoms with Gasteiger partial charge in [0.15, 0.2) is 0 Å². The number of hydrogen-bond acceptors (Lipinski definition) is 3. The normalized spacial score (nSPS) is 19.2. The average Bonchev–Trinajstić information content (AvgIpc) is 2.82. The molecule has 0 bridgehead atoms. The van der Waals surface area contributed by atoms with Crippen LogP contribution in [0.4, 0.5) is 14.9 Å². The number of nitrogens with one attached hydrogen (secondary N) is 2. The number of halogens is 3. The maximum absolute atomic E-state index is 13.7. The molecule has 4 amide bonds. The maximum atomic E-state index is 13.7. The maximum Gasteiger partial charge on any atom is 0.325 e. The first-order valence-electron chi connectivity index (χ1n) is 7.86. The van der Waals surface area contributed by atoms with Gasteiger partial charge < -0.3 is 10.6 Å². The number of imide groups is 1. The predicted octanol–water partition coefficient (Wildman–Crippen LogP) is 3.65. The number of rotatable bonds is 4. The molecule has 2 aromatic carbocycles. The van der Waals surface area contributed by atoms with Crippen molar-refractivity contribution in [2.24, 2.45) is 0 Å². The van der Waals surface area contributed by atoms with E-state index in [-0.39, 0.29) is 10.7 Å². The highest BCUT2D eigenvalue weighted by Gasteiger charge is 2.50. The van der Waals surface area contributed by atoms with Crippen molar-refractivity contribution in [1.82, 2.24) is 10.2 Å². The number of carbonyl (C=O) groups excluding carboxylic acids is 3. The average molecular weight is 455 g/mol. The molecule has 0 saturated carbocycles. The lowest BCUT2D eigenvalue weighted by molar-refractivity contribution is -0.133. The van der Waals surface area contributed by atoms with Gasteiger partial charge in [0, 0.05) is 15.1 Å². The molecule has 27 heavy (non-hydrogen) atoms. The van der Waals surface area contributed by atoms with Crippen LogP contribution in [0.2, 0.25) is 5.02 Å². The van der Waals surface area contributed by atoms with Gasteiger partial charge in [0.1, 0.15) is 17.9 Å². The molecule has 140 valence electrons. The summed E-state index contributed by atoms with van der Waals surface area (Å²) in [5.74, 6) is -1.99. The fourth-order valence-corrected chi connectivity index (χ4v) is 3.67. The third-order valence-corrected chi connectivity index (χ3v) is 5.12. The highest BCUT2D eigenvalue weighted by molar-refractivity contribution is 9.10. The molecule has 1 atom stereocenters. The Morgan fingerprint density at radius 2 is 2.00 bits per heavy atom. The van der Waals surface area contributed by atoms with E-state index in [1.807, 2.05) is 0 Å². The first-order chi connectivity index (χ1) is 12.7. The minimum Gasteiger partial charge on any atom is -0.322 e. The van der Waals surface area contributed by atoms with E-state index in [9.17, 15) is 18.8 Å². The summed E-state index contributed by atoms with van der Waals surface area (Å²) in [5, 5.41) is 5.16. The number of urea groups is 1. The third-order valence-electron chi connectivity index (χ3n) is 4.19. The molecule has 1 heterocycles. The van der Waals surface area contributed by atoms with Gasteiger partial charge in [-0.2, -0.15) is 0 Å². The van der Waals surface area contributed by atoms with Crippen molar-refractivity contribution in [2.75, 3.05) is 11.9 Å². The van der Waals surface area contributed by atoms with E-state index in [1.165, 1.54) is 12.1 Å². The van der Waals surface area contributed by atoms with E-state index < -0.39 is 35.7 Å². The van der Waals surface area contributed by atoms with E-state index in [1.54, 1.807) is 31.2 Å². The Balaban J connectivity index is 1.79. The second kappa shape index (κ2) is 7.28. The minimum atomic E-state index is -1.32. The van der Waals surface area contributed by atoms with Crippen molar-refractivity contribution in [3.8, 4) is 0 Å². The van der Waals surface area contributed by atoms with Crippen LogP contribution in [0, 0.1) is 5.82 Å². The van der Waals surface area contributed by atoms with Crippen LogP contribution in [0.5, 0.6) is 0 Å². The smallest absolute Gasteiger partial charge is 0.322 e. The summed E-state index contributed by atoms with van der Waals surface area (Å²) in [7, 11) is 0. The van der Waals surface area contributed by atoms with E-state index in [0.717, 1.165) is 11.0 Å². The lowest BCUT2D eigenvalue weighted by Crippen LogP contribution is -2.42. The van der Waals surface area contributed by atoms with Crippen molar-refractivity contribution in [3.05, 3.63) is 63.3 Å². The van der Waals surface area contributed by atoms with Gasteiger partial charge >= 0.3 is 6.03 Å². The van der Waals surface area contributed by atoms with Crippen LogP contribution in [-0.2, 0) is 15.1 Å². The molecule has 0 aromatic heterocycles. The van der Waals surface area contributed by atoms with Crippen molar-refractivity contribution < 1.29 is 18.8 Å². The molecule has 0 spiro atoms. The van der Waals surface area contributed by atoms with E-state index in [2.05, 4.69) is 26.6 Å². The quantitative estimate of drug-likeness (QED) is 0.692. The van der Waals surface area contributed by atoms with Gasteiger partial charge in [-0.15, -0.1) is 0 Å². The van der Waals surface area contributed by atoms with E-state index in [0.29, 0.717) is 10.0 Å². The SMILES string of the molecule is C[C@@]1(c2ccccc2Br)NC(=O)N(CC(=O)Nc2cc(Cl)ccc2F)C1=O. The summed E-state index contributed by atoms with van der Waals surface area (Å²) in [6, 6.07) is 9.95. The van der Waals surface area contributed by atoms with Crippen LogP contribution in [0.25, 0.3) is 0 Å². The molecule has 2 N–H and O–H groups in total. The van der Waals surface area contributed by atoms with Crippen LogP contribution in [0.1, 0.15) is 12.5 Å². The fraction of sp³-hybridized carbons (Fsp3) is 0.167. The van der Waals surface area contributed by atoms with Crippen molar-refractivity contribution in [1.29, 1.82) is 0 Å². The Bertz CT molecular complexity index is 955. The number of nitrogens with zero attached hydrogens (tertiary/aromatic N) is 1. The number of hydrogen-bond donors (Lipinski definition) is 2. The molecule has 0 unspecified atom stereocenters. The zero-order valence-electron chi connectivity index (χ0n) is 14.1. The van der Waals surface area contributed by atoms with Gasteiger partial charge in [0.05, 0.1) is 5.69 Å². The van der Waals surface area contributed by atoms with Crippen LogP contribution in [0.15, 0.2) is 46.9 Å². The Hall–Kier alpha value is -2.45. The van der Waals surface area contributed by atoms with Gasteiger partial charge in [-0.3, -0.25) is 14.5 Å². The largest absolute Gasteiger partial charge is 0.325 e. The summed E-state index contributed by atoms with van der Waals surface area (Å²) < 4.78 is 14.4. The molecule has 9 heteroatoms. The second-order valence-corrected chi connectivity index (χ2v) is 7.39. The lowest BCUT2D eigenvalue weighted by atomic mass is 9.92. The van der Waals surface area contributed by atoms with Crippen molar-refractivity contribution in [3.63, 3.8) is 0 Å². The molecule has 0 aliphatic carbocycles. The third kappa shape index (κ3) is 3.68. The van der Waals surface area contributed by atoms with E-state index >= 15 is 0 Å². The first-order valence-corrected chi connectivity index (χ1v) is 9.03. The van der Waals surface area contributed by atoms with Crippen LogP contribution >= 0.6 is 27.5 Å². The summed E-state index contributed by atoms with van der Waals surface area (Å²) in [4.78, 5) is 38.2. The minimum absolute atomic E-state index is 0.131. The van der Waals surface area contributed by atoms with Crippen molar-refractivity contribution in [2.45, 2.75) is 12.5 Å². The Morgan fingerprint density at radius 1 is 1.30 bits per heavy atom. The van der Waals surface area contributed by atoms with Gasteiger partial charge in [-0.05, 0) is 31.2 Å². The summed E-state index contributed by atoms with van der Waals surface area (Å²) in [5.41, 5.74) is -0.890. The molecule has 1 fully saturated rings. The first kappa shape index (κ1) is 19.3. The monoisotopic (exact) mass is 453 g/mol. The topological polar surface area (TPSA) is 78.5 Å². The molecule has 1 saturated heterocycles. The van der Waals surface area contributed by atoms with E-state index in [4.69, 9.17) is 11.6 Å². The Kier molecular flexibility index (Phi) is 5.21. The zero-order chi connectivity index (χ0) is 19.8. The Morgan fingerprint density at radius 3 is 2.70 bits per heavy atom. The predicted molar refractivity (Wildman–Crippen MR) is 102 cm³/mol. The molecule has 0 radical (unpaired) electrons.